The third-order valence-corrected chi connectivity index (χ3v) is 3.46. The van der Waals surface area contributed by atoms with E-state index in [1.54, 1.807) is 0 Å². The molecular formula is C14H20N2O3. The van der Waals surface area contributed by atoms with Gasteiger partial charge in [0.2, 0.25) is 0 Å². The molecule has 1 aromatic carbocycles. The number of nitrogens with two attached hydrogens (primary N) is 1. The Balaban J connectivity index is 1.83. The molecule has 0 aromatic heterocycles. The molecule has 1 aliphatic rings. The highest BCUT2D eigenvalue weighted by atomic mass is 16.6. The van der Waals surface area contributed by atoms with Gasteiger partial charge >= 0.3 is 6.09 Å². The Hall–Kier alpha value is -1.59. The van der Waals surface area contributed by atoms with Crippen molar-refractivity contribution in [2.75, 3.05) is 19.7 Å². The average Bonchev–Trinajstić information content (AvgIpc) is 2.42. The fourth-order valence-electron chi connectivity index (χ4n) is 2.42. The summed E-state index contributed by atoms with van der Waals surface area (Å²) < 4.78 is 4.82. The second kappa shape index (κ2) is 6.54. The van der Waals surface area contributed by atoms with Crippen molar-refractivity contribution in [1.82, 2.24) is 4.90 Å². The second-order valence-corrected chi connectivity index (χ2v) is 4.83. The summed E-state index contributed by atoms with van der Waals surface area (Å²) in [6.45, 7) is 2.50. The minimum absolute atomic E-state index is 0.187. The summed E-state index contributed by atoms with van der Waals surface area (Å²) in [6, 6.07) is 8.43. The number of rotatable bonds is 5. The number of ether oxygens (including phenoxy) is 1. The Bertz CT molecular complexity index is 436. The molecule has 104 valence electrons. The first-order chi connectivity index (χ1) is 9.19. The lowest BCUT2D eigenvalue weighted by Gasteiger charge is -2.29. The Morgan fingerprint density at radius 2 is 2.16 bits per heavy atom. The monoisotopic (exact) mass is 264 g/mol. The summed E-state index contributed by atoms with van der Waals surface area (Å²) in [7, 11) is 0. The molecule has 0 spiro atoms. The molecule has 1 amide bonds. The molecule has 0 radical (unpaired) electrons. The number of primary amides is 1. The number of fused-ring (bicyclic) bond motifs is 1. The SMILES string of the molecule is NC(=O)OC(CO)CCN1CCc2ccccc2C1. The van der Waals surface area contributed by atoms with E-state index < -0.39 is 12.2 Å². The van der Waals surface area contributed by atoms with Crippen LogP contribution in [-0.4, -0.2) is 41.9 Å². The van der Waals surface area contributed by atoms with Crippen molar-refractivity contribution >= 4 is 6.09 Å². The first kappa shape index (κ1) is 13.8. The minimum Gasteiger partial charge on any atom is -0.444 e. The number of hydrogen-bond donors (Lipinski definition) is 2. The molecule has 5 heteroatoms. The van der Waals surface area contributed by atoms with E-state index in [4.69, 9.17) is 15.6 Å². The van der Waals surface area contributed by atoms with Crippen molar-refractivity contribution in [3.63, 3.8) is 0 Å². The quantitative estimate of drug-likeness (QED) is 0.828. The molecule has 2 rings (SSSR count). The van der Waals surface area contributed by atoms with Crippen LogP contribution in [0.4, 0.5) is 4.79 Å². The van der Waals surface area contributed by atoms with Gasteiger partial charge in [0.1, 0.15) is 6.10 Å². The molecule has 0 fully saturated rings. The van der Waals surface area contributed by atoms with Gasteiger partial charge in [-0.25, -0.2) is 4.79 Å². The van der Waals surface area contributed by atoms with Crippen molar-refractivity contribution in [2.45, 2.75) is 25.5 Å². The zero-order chi connectivity index (χ0) is 13.7. The molecule has 0 saturated heterocycles. The highest BCUT2D eigenvalue weighted by molar-refractivity contribution is 5.64. The summed E-state index contributed by atoms with van der Waals surface area (Å²) in [6.07, 6.45) is 0.302. The molecule has 5 nitrogen and oxygen atoms in total. The van der Waals surface area contributed by atoms with Crippen molar-refractivity contribution in [3.8, 4) is 0 Å². The third-order valence-electron chi connectivity index (χ3n) is 3.46. The van der Waals surface area contributed by atoms with Crippen LogP contribution in [0.3, 0.4) is 0 Å². The lowest BCUT2D eigenvalue weighted by atomic mass is 10.00. The fourth-order valence-corrected chi connectivity index (χ4v) is 2.42. The van der Waals surface area contributed by atoms with Gasteiger partial charge in [0.05, 0.1) is 6.61 Å². The zero-order valence-electron chi connectivity index (χ0n) is 10.9. The van der Waals surface area contributed by atoms with Crippen LogP contribution in [0, 0.1) is 0 Å². The van der Waals surface area contributed by atoms with E-state index in [1.165, 1.54) is 11.1 Å². The van der Waals surface area contributed by atoms with Crippen LogP contribution in [-0.2, 0) is 17.7 Å². The first-order valence-corrected chi connectivity index (χ1v) is 6.55. The number of carbonyl (C=O) groups is 1. The number of amides is 1. The topological polar surface area (TPSA) is 75.8 Å². The van der Waals surface area contributed by atoms with Gasteiger partial charge < -0.3 is 15.6 Å². The van der Waals surface area contributed by atoms with Gasteiger partial charge in [-0.05, 0) is 24.0 Å². The van der Waals surface area contributed by atoms with E-state index in [0.717, 1.165) is 26.1 Å². The summed E-state index contributed by atoms with van der Waals surface area (Å²) in [5.74, 6) is 0. The minimum atomic E-state index is -0.831. The summed E-state index contributed by atoms with van der Waals surface area (Å²) >= 11 is 0. The van der Waals surface area contributed by atoms with Gasteiger partial charge in [0.15, 0.2) is 0 Å². The van der Waals surface area contributed by atoms with Crippen molar-refractivity contribution in [2.24, 2.45) is 5.73 Å². The van der Waals surface area contributed by atoms with E-state index in [0.29, 0.717) is 6.42 Å². The Morgan fingerprint density at radius 3 is 2.84 bits per heavy atom. The fraction of sp³-hybridized carbons (Fsp3) is 0.500. The van der Waals surface area contributed by atoms with Crippen molar-refractivity contribution in [3.05, 3.63) is 35.4 Å². The lowest BCUT2D eigenvalue weighted by Crippen LogP contribution is -2.35. The molecule has 3 N–H and O–H groups in total. The van der Waals surface area contributed by atoms with E-state index in [-0.39, 0.29) is 6.61 Å². The third kappa shape index (κ3) is 3.94. The number of aliphatic hydroxyl groups is 1. The molecular weight excluding hydrogens is 244 g/mol. The molecule has 0 bridgehead atoms. The summed E-state index contributed by atoms with van der Waals surface area (Å²) in [5.41, 5.74) is 7.72. The van der Waals surface area contributed by atoms with Crippen molar-refractivity contribution in [1.29, 1.82) is 0 Å². The van der Waals surface area contributed by atoms with E-state index >= 15 is 0 Å². The summed E-state index contributed by atoms with van der Waals surface area (Å²) in [4.78, 5) is 13.0. The Labute approximate surface area is 113 Å². The van der Waals surface area contributed by atoms with E-state index in [9.17, 15) is 4.79 Å². The smallest absolute Gasteiger partial charge is 0.404 e. The van der Waals surface area contributed by atoms with Crippen LogP contribution in [0.1, 0.15) is 17.5 Å². The van der Waals surface area contributed by atoms with Gasteiger partial charge in [-0.2, -0.15) is 0 Å². The molecule has 19 heavy (non-hydrogen) atoms. The maximum absolute atomic E-state index is 10.7. The molecule has 0 aliphatic carbocycles. The van der Waals surface area contributed by atoms with Gasteiger partial charge in [0, 0.05) is 19.6 Å². The molecule has 0 saturated carbocycles. The van der Waals surface area contributed by atoms with Crippen LogP contribution >= 0.6 is 0 Å². The Kier molecular flexibility index (Phi) is 4.76. The molecule has 1 heterocycles. The molecule has 1 aromatic rings. The molecule has 1 unspecified atom stereocenters. The normalized spacial score (nSPS) is 16.7. The van der Waals surface area contributed by atoms with Gasteiger partial charge in [-0.1, -0.05) is 24.3 Å². The van der Waals surface area contributed by atoms with Crippen LogP contribution in [0.25, 0.3) is 0 Å². The maximum atomic E-state index is 10.7. The van der Waals surface area contributed by atoms with Crippen LogP contribution in [0.5, 0.6) is 0 Å². The maximum Gasteiger partial charge on any atom is 0.404 e. The zero-order valence-corrected chi connectivity index (χ0v) is 10.9. The number of carbonyl (C=O) groups excluding carboxylic acids is 1. The van der Waals surface area contributed by atoms with Crippen LogP contribution in [0.2, 0.25) is 0 Å². The number of nitrogens with zero attached hydrogens (tertiary/aromatic N) is 1. The van der Waals surface area contributed by atoms with Gasteiger partial charge in [-0.15, -0.1) is 0 Å². The van der Waals surface area contributed by atoms with Crippen LogP contribution in [0.15, 0.2) is 24.3 Å². The number of aliphatic hydroxyl groups excluding tert-OH is 1. The number of benzene rings is 1. The largest absolute Gasteiger partial charge is 0.444 e. The molecule has 1 aliphatic heterocycles. The summed E-state index contributed by atoms with van der Waals surface area (Å²) in [5, 5.41) is 9.11. The second-order valence-electron chi connectivity index (χ2n) is 4.83. The van der Waals surface area contributed by atoms with E-state index in [1.807, 2.05) is 0 Å². The first-order valence-electron chi connectivity index (χ1n) is 6.55. The lowest BCUT2D eigenvalue weighted by molar-refractivity contribution is 0.0504. The molecule has 1 atom stereocenters. The van der Waals surface area contributed by atoms with Gasteiger partial charge in [-0.3, -0.25) is 4.90 Å². The standard InChI is InChI=1S/C14H20N2O3/c15-14(18)19-13(10-17)6-8-16-7-5-11-3-1-2-4-12(11)9-16/h1-4,13,17H,5-10H2,(H2,15,18). The van der Waals surface area contributed by atoms with Crippen LogP contribution < -0.4 is 5.73 Å². The predicted molar refractivity (Wildman–Crippen MR) is 71.6 cm³/mol. The number of hydrogen-bond acceptors (Lipinski definition) is 4. The Morgan fingerprint density at radius 1 is 1.42 bits per heavy atom. The average molecular weight is 264 g/mol. The highest BCUT2D eigenvalue weighted by Crippen LogP contribution is 2.18. The van der Waals surface area contributed by atoms with E-state index in [2.05, 4.69) is 29.2 Å². The predicted octanol–water partition coefficient (Wildman–Crippen LogP) is 0.891. The highest BCUT2D eigenvalue weighted by Gasteiger charge is 2.18. The van der Waals surface area contributed by atoms with Gasteiger partial charge in [0.25, 0.3) is 0 Å². The van der Waals surface area contributed by atoms with Crippen molar-refractivity contribution < 1.29 is 14.6 Å².